The van der Waals surface area contributed by atoms with Gasteiger partial charge in [0.2, 0.25) is 11.1 Å². The van der Waals surface area contributed by atoms with Crippen LogP contribution in [0.3, 0.4) is 0 Å². The molecule has 1 saturated heterocycles. The lowest BCUT2D eigenvalue weighted by molar-refractivity contribution is -0.120. The van der Waals surface area contributed by atoms with E-state index in [1.165, 1.54) is 11.8 Å². The summed E-state index contributed by atoms with van der Waals surface area (Å²) in [6.45, 7) is 3.18. The van der Waals surface area contributed by atoms with Gasteiger partial charge in [0.1, 0.15) is 11.4 Å². The summed E-state index contributed by atoms with van der Waals surface area (Å²) in [6, 6.07) is 19.8. The number of ether oxygens (including phenoxy) is 1. The number of rotatable bonds is 7. The van der Waals surface area contributed by atoms with Crippen LogP contribution in [0.1, 0.15) is 19.8 Å². The quantitative estimate of drug-likeness (QED) is 0.583. The minimum absolute atomic E-state index is 0.0486. The standard InChI is InChI=1S/C23H24N4O2S/c1-16(22(28)24-15-19-13-8-14-29-19)30-23-25-20(17-9-4-2-5-10-17)21(26-27-23)18-11-6-3-7-12-18/h2-7,9-12,16,19H,8,13-15H2,1H3,(H,24,28)/t16-,19-/m0/s1. The Kier molecular flexibility index (Phi) is 6.71. The molecule has 6 nitrogen and oxygen atoms in total. The molecule has 0 aliphatic carbocycles. The zero-order valence-corrected chi connectivity index (χ0v) is 17.6. The fourth-order valence-corrected chi connectivity index (χ4v) is 4.06. The van der Waals surface area contributed by atoms with E-state index in [2.05, 4.69) is 15.5 Å². The van der Waals surface area contributed by atoms with Crippen molar-refractivity contribution in [2.45, 2.75) is 36.3 Å². The van der Waals surface area contributed by atoms with Gasteiger partial charge in [0.25, 0.3) is 0 Å². The van der Waals surface area contributed by atoms with Crippen LogP contribution in [0.2, 0.25) is 0 Å². The van der Waals surface area contributed by atoms with Gasteiger partial charge in [-0.15, -0.1) is 10.2 Å². The first kappa shape index (κ1) is 20.5. The fourth-order valence-electron chi connectivity index (χ4n) is 3.32. The monoisotopic (exact) mass is 420 g/mol. The van der Waals surface area contributed by atoms with Crippen molar-refractivity contribution in [2.24, 2.45) is 0 Å². The second-order valence-electron chi connectivity index (χ2n) is 7.16. The van der Waals surface area contributed by atoms with E-state index in [4.69, 9.17) is 9.72 Å². The van der Waals surface area contributed by atoms with Crippen LogP contribution in [-0.4, -0.2) is 45.6 Å². The topological polar surface area (TPSA) is 77.0 Å². The van der Waals surface area contributed by atoms with E-state index in [0.717, 1.165) is 42.0 Å². The number of nitrogens with one attached hydrogen (secondary N) is 1. The SMILES string of the molecule is C[C@H](Sc1nnc(-c2ccccc2)c(-c2ccccc2)n1)C(=O)NC[C@@H]1CCCO1. The first-order valence-corrected chi connectivity index (χ1v) is 11.0. The van der Waals surface area contributed by atoms with Gasteiger partial charge in [0, 0.05) is 24.3 Å². The highest BCUT2D eigenvalue weighted by Gasteiger charge is 2.21. The minimum atomic E-state index is -0.334. The Bertz CT molecular complexity index is 979. The molecule has 1 amide bonds. The second-order valence-corrected chi connectivity index (χ2v) is 8.47. The first-order valence-electron chi connectivity index (χ1n) is 10.1. The molecule has 0 bridgehead atoms. The van der Waals surface area contributed by atoms with E-state index in [1.807, 2.05) is 67.6 Å². The molecule has 2 heterocycles. The maximum atomic E-state index is 12.5. The van der Waals surface area contributed by atoms with Crippen molar-refractivity contribution in [1.29, 1.82) is 0 Å². The predicted octanol–water partition coefficient (Wildman–Crippen LogP) is 3.98. The van der Waals surface area contributed by atoms with Crippen molar-refractivity contribution in [3.63, 3.8) is 0 Å². The first-order chi connectivity index (χ1) is 14.7. The molecular formula is C23H24N4O2S. The molecule has 0 unspecified atom stereocenters. The Hall–Kier alpha value is -2.77. The molecule has 0 spiro atoms. The van der Waals surface area contributed by atoms with E-state index in [9.17, 15) is 4.79 Å². The fraction of sp³-hybridized carbons (Fsp3) is 0.304. The molecule has 3 aromatic rings. The average Bonchev–Trinajstić information content (AvgIpc) is 3.32. The van der Waals surface area contributed by atoms with E-state index < -0.39 is 0 Å². The van der Waals surface area contributed by atoms with Crippen molar-refractivity contribution in [3.05, 3.63) is 60.7 Å². The summed E-state index contributed by atoms with van der Waals surface area (Å²) in [6.07, 6.45) is 2.18. The smallest absolute Gasteiger partial charge is 0.233 e. The maximum Gasteiger partial charge on any atom is 0.233 e. The summed E-state index contributed by atoms with van der Waals surface area (Å²) in [5.41, 5.74) is 3.40. The zero-order chi connectivity index (χ0) is 20.8. The van der Waals surface area contributed by atoms with Crippen LogP contribution in [-0.2, 0) is 9.53 Å². The molecule has 1 aliphatic heterocycles. The molecule has 0 saturated carbocycles. The molecule has 1 aromatic heterocycles. The molecule has 154 valence electrons. The molecule has 30 heavy (non-hydrogen) atoms. The number of carbonyl (C=O) groups excluding carboxylic acids is 1. The molecule has 4 rings (SSSR count). The largest absolute Gasteiger partial charge is 0.376 e. The Morgan fingerprint density at radius 3 is 2.37 bits per heavy atom. The molecule has 2 aromatic carbocycles. The van der Waals surface area contributed by atoms with Gasteiger partial charge < -0.3 is 10.1 Å². The Labute approximate surface area is 180 Å². The number of hydrogen-bond acceptors (Lipinski definition) is 6. The number of benzene rings is 2. The van der Waals surface area contributed by atoms with Crippen LogP contribution >= 0.6 is 11.8 Å². The lowest BCUT2D eigenvalue weighted by Crippen LogP contribution is -2.36. The van der Waals surface area contributed by atoms with Crippen molar-refractivity contribution in [3.8, 4) is 22.5 Å². The van der Waals surface area contributed by atoms with Crippen LogP contribution in [0.4, 0.5) is 0 Å². The van der Waals surface area contributed by atoms with Crippen molar-refractivity contribution >= 4 is 17.7 Å². The van der Waals surface area contributed by atoms with E-state index in [-0.39, 0.29) is 17.3 Å². The lowest BCUT2D eigenvalue weighted by Gasteiger charge is -2.15. The molecular weight excluding hydrogens is 396 g/mol. The van der Waals surface area contributed by atoms with E-state index >= 15 is 0 Å². The molecule has 1 fully saturated rings. The maximum absolute atomic E-state index is 12.5. The molecule has 7 heteroatoms. The highest BCUT2D eigenvalue weighted by molar-refractivity contribution is 8.00. The number of thioether (sulfide) groups is 1. The highest BCUT2D eigenvalue weighted by atomic mass is 32.2. The number of amides is 1. The molecule has 1 N–H and O–H groups in total. The zero-order valence-electron chi connectivity index (χ0n) is 16.8. The summed E-state index contributed by atoms with van der Waals surface area (Å²) >= 11 is 1.31. The van der Waals surface area contributed by atoms with Crippen LogP contribution < -0.4 is 5.32 Å². The third-order valence-electron chi connectivity index (χ3n) is 4.94. The van der Waals surface area contributed by atoms with Crippen LogP contribution in [0.5, 0.6) is 0 Å². The van der Waals surface area contributed by atoms with Gasteiger partial charge in [-0.2, -0.15) is 0 Å². The number of hydrogen-bond donors (Lipinski definition) is 1. The van der Waals surface area contributed by atoms with Gasteiger partial charge in [-0.3, -0.25) is 4.79 Å². The van der Waals surface area contributed by atoms with Crippen molar-refractivity contribution in [1.82, 2.24) is 20.5 Å². The number of aromatic nitrogens is 3. The normalized spacial score (nSPS) is 16.9. The van der Waals surface area contributed by atoms with Gasteiger partial charge in [0.05, 0.1) is 11.4 Å². The summed E-state index contributed by atoms with van der Waals surface area (Å²) in [4.78, 5) is 17.2. The number of nitrogens with zero attached hydrogens (tertiary/aromatic N) is 3. The second kappa shape index (κ2) is 9.82. The minimum Gasteiger partial charge on any atom is -0.376 e. The Morgan fingerprint density at radius 1 is 1.07 bits per heavy atom. The van der Waals surface area contributed by atoms with Crippen molar-refractivity contribution in [2.75, 3.05) is 13.2 Å². The predicted molar refractivity (Wildman–Crippen MR) is 118 cm³/mol. The lowest BCUT2D eigenvalue weighted by atomic mass is 10.0. The summed E-state index contributed by atoms with van der Waals surface area (Å²) in [5, 5.41) is 11.9. The Balaban J connectivity index is 1.53. The summed E-state index contributed by atoms with van der Waals surface area (Å²) in [5.74, 6) is -0.0486. The van der Waals surface area contributed by atoms with Crippen LogP contribution in [0, 0.1) is 0 Å². The number of carbonyl (C=O) groups is 1. The molecule has 0 radical (unpaired) electrons. The van der Waals surface area contributed by atoms with Gasteiger partial charge in [-0.25, -0.2) is 4.98 Å². The third-order valence-corrected chi connectivity index (χ3v) is 5.89. The van der Waals surface area contributed by atoms with Gasteiger partial charge >= 0.3 is 0 Å². The molecule has 2 atom stereocenters. The summed E-state index contributed by atoms with van der Waals surface area (Å²) < 4.78 is 5.57. The van der Waals surface area contributed by atoms with Crippen LogP contribution in [0.25, 0.3) is 22.5 Å². The van der Waals surface area contributed by atoms with Crippen LogP contribution in [0.15, 0.2) is 65.8 Å². The summed E-state index contributed by atoms with van der Waals surface area (Å²) in [7, 11) is 0. The third kappa shape index (κ3) is 5.04. The van der Waals surface area contributed by atoms with Gasteiger partial charge in [0.15, 0.2) is 0 Å². The molecule has 1 aliphatic rings. The van der Waals surface area contributed by atoms with Gasteiger partial charge in [-0.05, 0) is 19.8 Å². The van der Waals surface area contributed by atoms with E-state index in [1.54, 1.807) is 0 Å². The van der Waals surface area contributed by atoms with Gasteiger partial charge in [-0.1, -0.05) is 72.4 Å². The van der Waals surface area contributed by atoms with Crippen molar-refractivity contribution < 1.29 is 9.53 Å². The Morgan fingerprint density at radius 2 is 1.73 bits per heavy atom. The van der Waals surface area contributed by atoms with E-state index in [0.29, 0.717) is 11.7 Å². The average molecular weight is 421 g/mol. The highest BCUT2D eigenvalue weighted by Crippen LogP contribution is 2.30.